The third-order valence-corrected chi connectivity index (χ3v) is 4.45. The summed E-state index contributed by atoms with van der Waals surface area (Å²) >= 11 is 2.24. The van der Waals surface area contributed by atoms with Crippen molar-refractivity contribution in [2.45, 2.75) is 32.2 Å². The van der Waals surface area contributed by atoms with Gasteiger partial charge in [-0.25, -0.2) is 0 Å². The van der Waals surface area contributed by atoms with Crippen molar-refractivity contribution in [3.8, 4) is 0 Å². The number of halogens is 1. The lowest BCUT2D eigenvalue weighted by Crippen LogP contribution is -2.42. The van der Waals surface area contributed by atoms with Crippen molar-refractivity contribution < 1.29 is 4.79 Å². The molecule has 0 aromatic heterocycles. The molecule has 1 aromatic rings. The maximum Gasteiger partial charge on any atom is 0.251 e. The molecule has 1 N–H and O–H groups in total. The second kappa shape index (κ2) is 7.24. The van der Waals surface area contributed by atoms with Crippen LogP contribution in [0.2, 0.25) is 0 Å². The van der Waals surface area contributed by atoms with Crippen LogP contribution in [-0.2, 0) is 0 Å². The molecule has 2 rings (SSSR count). The van der Waals surface area contributed by atoms with Gasteiger partial charge in [0, 0.05) is 28.3 Å². The summed E-state index contributed by atoms with van der Waals surface area (Å²) in [7, 11) is 0. The molecule has 1 fully saturated rings. The number of benzene rings is 1. The van der Waals surface area contributed by atoms with E-state index in [1.54, 1.807) is 0 Å². The number of hydrogen-bond acceptors (Lipinski definition) is 2. The molecule has 1 heterocycles. The Kier molecular flexibility index (Phi) is 5.63. The van der Waals surface area contributed by atoms with E-state index in [4.69, 9.17) is 0 Å². The van der Waals surface area contributed by atoms with Crippen LogP contribution in [0, 0.1) is 3.57 Å². The fraction of sp³-hybridized carbons (Fsp3) is 0.533. The topological polar surface area (TPSA) is 32.3 Å². The molecule has 1 amide bonds. The van der Waals surface area contributed by atoms with E-state index in [-0.39, 0.29) is 5.91 Å². The van der Waals surface area contributed by atoms with Gasteiger partial charge in [-0.05, 0) is 73.2 Å². The predicted octanol–water partition coefficient (Wildman–Crippen LogP) is 2.90. The second-order valence-electron chi connectivity index (χ2n) is 5.14. The summed E-state index contributed by atoms with van der Waals surface area (Å²) in [5, 5.41) is 3.00. The first kappa shape index (κ1) is 14.8. The van der Waals surface area contributed by atoms with E-state index in [0.717, 1.165) is 22.2 Å². The molecule has 1 unspecified atom stereocenters. The minimum atomic E-state index is 0.0288. The Morgan fingerprint density at radius 1 is 1.37 bits per heavy atom. The number of piperidine rings is 1. The number of rotatable bonds is 4. The number of nitrogens with zero attached hydrogens (tertiary/aromatic N) is 1. The minimum Gasteiger partial charge on any atom is -0.351 e. The fourth-order valence-corrected chi connectivity index (χ4v) is 2.87. The Hall–Kier alpha value is -0.620. The highest BCUT2D eigenvalue weighted by Gasteiger charge is 2.17. The summed E-state index contributed by atoms with van der Waals surface area (Å²) in [5.74, 6) is 0.0288. The molecule has 19 heavy (non-hydrogen) atoms. The summed E-state index contributed by atoms with van der Waals surface area (Å²) < 4.78 is 1.15. The Morgan fingerprint density at radius 3 is 2.79 bits per heavy atom. The smallest absolute Gasteiger partial charge is 0.251 e. The molecule has 1 saturated heterocycles. The Morgan fingerprint density at radius 2 is 2.11 bits per heavy atom. The van der Waals surface area contributed by atoms with E-state index in [1.807, 2.05) is 24.3 Å². The van der Waals surface area contributed by atoms with Crippen molar-refractivity contribution in [3.63, 3.8) is 0 Å². The first-order valence-electron chi connectivity index (χ1n) is 6.94. The predicted molar refractivity (Wildman–Crippen MR) is 86.4 cm³/mol. The van der Waals surface area contributed by atoms with Crippen LogP contribution in [0.15, 0.2) is 24.3 Å². The number of carbonyl (C=O) groups is 1. The lowest BCUT2D eigenvalue weighted by molar-refractivity contribution is 0.0938. The highest BCUT2D eigenvalue weighted by atomic mass is 127. The number of nitrogens with one attached hydrogen (secondary N) is 1. The van der Waals surface area contributed by atoms with Gasteiger partial charge in [0.05, 0.1) is 0 Å². The quantitative estimate of drug-likeness (QED) is 0.825. The summed E-state index contributed by atoms with van der Waals surface area (Å²) in [5.41, 5.74) is 0.743. The zero-order valence-electron chi connectivity index (χ0n) is 11.4. The van der Waals surface area contributed by atoms with Crippen molar-refractivity contribution in [3.05, 3.63) is 33.4 Å². The van der Waals surface area contributed by atoms with Crippen LogP contribution >= 0.6 is 22.6 Å². The van der Waals surface area contributed by atoms with Crippen LogP contribution < -0.4 is 5.32 Å². The summed E-state index contributed by atoms with van der Waals surface area (Å²) in [6.45, 7) is 5.13. The molecule has 104 valence electrons. The van der Waals surface area contributed by atoms with Crippen molar-refractivity contribution in [1.82, 2.24) is 10.2 Å². The maximum atomic E-state index is 11.9. The van der Waals surface area contributed by atoms with E-state index in [1.165, 1.54) is 25.8 Å². The highest BCUT2D eigenvalue weighted by molar-refractivity contribution is 14.1. The molecule has 0 spiro atoms. The van der Waals surface area contributed by atoms with Gasteiger partial charge in [0.15, 0.2) is 0 Å². The van der Waals surface area contributed by atoms with Gasteiger partial charge in [0.1, 0.15) is 0 Å². The molecule has 1 aliphatic rings. The first-order valence-corrected chi connectivity index (χ1v) is 8.02. The molecule has 1 atom stereocenters. The third kappa shape index (κ3) is 4.45. The lowest BCUT2D eigenvalue weighted by atomic mass is 10.0. The van der Waals surface area contributed by atoms with E-state index < -0.39 is 0 Å². The van der Waals surface area contributed by atoms with Gasteiger partial charge < -0.3 is 5.32 Å². The molecule has 0 radical (unpaired) electrons. The van der Waals surface area contributed by atoms with Crippen LogP contribution in [0.25, 0.3) is 0 Å². The van der Waals surface area contributed by atoms with Gasteiger partial charge in [-0.3, -0.25) is 9.69 Å². The van der Waals surface area contributed by atoms with Gasteiger partial charge in [-0.2, -0.15) is 0 Å². The standard InChI is InChI=1S/C15H21IN2O/c1-12-4-2-3-10-18(12)11-9-17-15(19)13-5-7-14(16)8-6-13/h5-8,12H,2-4,9-11H2,1H3,(H,17,19). The lowest BCUT2D eigenvalue weighted by Gasteiger charge is -2.33. The van der Waals surface area contributed by atoms with Gasteiger partial charge >= 0.3 is 0 Å². The fourth-order valence-electron chi connectivity index (χ4n) is 2.51. The zero-order chi connectivity index (χ0) is 13.7. The van der Waals surface area contributed by atoms with Crippen molar-refractivity contribution in [2.24, 2.45) is 0 Å². The highest BCUT2D eigenvalue weighted by Crippen LogP contribution is 2.15. The maximum absolute atomic E-state index is 11.9. The molecular formula is C15H21IN2O. The van der Waals surface area contributed by atoms with Gasteiger partial charge in [-0.15, -0.1) is 0 Å². The van der Waals surface area contributed by atoms with Gasteiger partial charge in [-0.1, -0.05) is 6.42 Å². The molecule has 0 aliphatic carbocycles. The van der Waals surface area contributed by atoms with Crippen molar-refractivity contribution in [2.75, 3.05) is 19.6 Å². The number of hydrogen-bond donors (Lipinski definition) is 1. The third-order valence-electron chi connectivity index (χ3n) is 3.73. The van der Waals surface area contributed by atoms with Gasteiger partial charge in [0.25, 0.3) is 5.91 Å². The molecule has 4 heteroatoms. The number of likely N-dealkylation sites (tertiary alicyclic amines) is 1. The van der Waals surface area contributed by atoms with Crippen LogP contribution in [0.4, 0.5) is 0 Å². The van der Waals surface area contributed by atoms with Crippen molar-refractivity contribution in [1.29, 1.82) is 0 Å². The van der Waals surface area contributed by atoms with Crippen LogP contribution in [0.3, 0.4) is 0 Å². The van der Waals surface area contributed by atoms with E-state index in [2.05, 4.69) is 39.7 Å². The molecule has 1 aromatic carbocycles. The van der Waals surface area contributed by atoms with E-state index >= 15 is 0 Å². The SMILES string of the molecule is CC1CCCCN1CCNC(=O)c1ccc(I)cc1. The van der Waals surface area contributed by atoms with Crippen molar-refractivity contribution >= 4 is 28.5 Å². The normalized spacial score (nSPS) is 20.2. The minimum absolute atomic E-state index is 0.0288. The number of amides is 1. The molecule has 0 bridgehead atoms. The molecule has 3 nitrogen and oxygen atoms in total. The summed E-state index contributed by atoms with van der Waals surface area (Å²) in [6, 6.07) is 8.33. The molecule has 1 aliphatic heterocycles. The zero-order valence-corrected chi connectivity index (χ0v) is 13.5. The summed E-state index contributed by atoms with van der Waals surface area (Å²) in [6.07, 6.45) is 3.91. The monoisotopic (exact) mass is 372 g/mol. The van der Waals surface area contributed by atoms with Crippen LogP contribution in [0.5, 0.6) is 0 Å². The van der Waals surface area contributed by atoms with E-state index in [0.29, 0.717) is 6.04 Å². The largest absolute Gasteiger partial charge is 0.351 e. The average molecular weight is 372 g/mol. The number of carbonyl (C=O) groups excluding carboxylic acids is 1. The molecule has 0 saturated carbocycles. The summed E-state index contributed by atoms with van der Waals surface area (Å²) in [4.78, 5) is 14.4. The Bertz CT molecular complexity index is 419. The second-order valence-corrected chi connectivity index (χ2v) is 6.39. The van der Waals surface area contributed by atoms with Crippen LogP contribution in [-0.4, -0.2) is 36.5 Å². The average Bonchev–Trinajstić information content (AvgIpc) is 2.41. The van der Waals surface area contributed by atoms with Crippen LogP contribution in [0.1, 0.15) is 36.5 Å². The Labute approximate surface area is 128 Å². The Balaban J connectivity index is 1.76. The van der Waals surface area contributed by atoms with E-state index in [9.17, 15) is 4.79 Å². The van der Waals surface area contributed by atoms with Gasteiger partial charge in [0.2, 0.25) is 0 Å². The molecular weight excluding hydrogens is 351 g/mol. The first-order chi connectivity index (χ1) is 9.16.